The van der Waals surface area contributed by atoms with Crippen molar-refractivity contribution in [3.05, 3.63) is 12.4 Å². The first-order valence-electron chi connectivity index (χ1n) is 9.29. The first-order chi connectivity index (χ1) is 12.3. The number of rotatable bonds is 5. The van der Waals surface area contributed by atoms with Crippen LogP contribution in [0.1, 0.15) is 25.7 Å². The fourth-order valence-corrected chi connectivity index (χ4v) is 4.09. The van der Waals surface area contributed by atoms with E-state index in [0.717, 1.165) is 64.5 Å². The molecule has 1 aromatic heterocycles. The van der Waals surface area contributed by atoms with E-state index in [4.69, 9.17) is 18.9 Å². The second-order valence-electron chi connectivity index (χ2n) is 7.04. The maximum Gasteiger partial charge on any atom is 0.218 e. The minimum Gasteiger partial charge on any atom is -0.481 e. The van der Waals surface area contributed by atoms with Crippen LogP contribution >= 0.6 is 0 Å². The van der Waals surface area contributed by atoms with Crippen LogP contribution < -0.4 is 9.64 Å². The quantitative estimate of drug-likeness (QED) is 0.801. The fourth-order valence-electron chi connectivity index (χ4n) is 4.09. The van der Waals surface area contributed by atoms with E-state index in [1.807, 2.05) is 6.07 Å². The predicted octanol–water partition coefficient (Wildman–Crippen LogP) is 1.66. The number of ether oxygens (including phenoxy) is 4. The molecule has 7 heteroatoms. The standard InChI is InChI=1S/C18H27N3O4/c1-22-17-9-16(19-12-20-17)21-10-15(18-14(21)3-2-6-24-18)25-11-13-4-7-23-8-5-13/h9,12-15,18H,2-8,10-11H2,1H3/t14-,15+,18+/m1/s1. The second kappa shape index (κ2) is 7.85. The topological polar surface area (TPSA) is 65.9 Å². The molecular weight excluding hydrogens is 322 g/mol. The normalized spacial score (nSPS) is 30.3. The van der Waals surface area contributed by atoms with E-state index in [9.17, 15) is 0 Å². The molecule has 25 heavy (non-hydrogen) atoms. The zero-order valence-electron chi connectivity index (χ0n) is 14.8. The molecule has 0 bridgehead atoms. The molecule has 3 saturated heterocycles. The van der Waals surface area contributed by atoms with Crippen LogP contribution in [0.25, 0.3) is 0 Å². The molecule has 138 valence electrons. The van der Waals surface area contributed by atoms with E-state index in [1.165, 1.54) is 0 Å². The average Bonchev–Trinajstić information content (AvgIpc) is 3.06. The van der Waals surface area contributed by atoms with Gasteiger partial charge in [-0.25, -0.2) is 9.97 Å². The fraction of sp³-hybridized carbons (Fsp3) is 0.778. The number of fused-ring (bicyclic) bond motifs is 1. The average molecular weight is 349 g/mol. The Balaban J connectivity index is 1.45. The minimum absolute atomic E-state index is 0.0918. The SMILES string of the molecule is COc1cc(N2C[C@H](OCC3CCOCC3)[C@H]3OCCC[C@H]32)ncn1. The van der Waals surface area contributed by atoms with E-state index >= 15 is 0 Å². The zero-order chi connectivity index (χ0) is 17.1. The van der Waals surface area contributed by atoms with Crippen LogP contribution in [0.15, 0.2) is 12.4 Å². The van der Waals surface area contributed by atoms with E-state index in [0.29, 0.717) is 17.8 Å². The van der Waals surface area contributed by atoms with Crippen molar-refractivity contribution < 1.29 is 18.9 Å². The minimum atomic E-state index is 0.0918. The van der Waals surface area contributed by atoms with Crippen molar-refractivity contribution in [2.45, 2.75) is 43.9 Å². The Hall–Kier alpha value is -1.44. The Morgan fingerprint density at radius 2 is 2.08 bits per heavy atom. The third-order valence-electron chi connectivity index (χ3n) is 5.50. The maximum absolute atomic E-state index is 6.32. The molecule has 7 nitrogen and oxygen atoms in total. The molecule has 0 saturated carbocycles. The Morgan fingerprint density at radius 3 is 2.92 bits per heavy atom. The van der Waals surface area contributed by atoms with Gasteiger partial charge in [-0.05, 0) is 31.6 Å². The van der Waals surface area contributed by atoms with Crippen molar-refractivity contribution in [1.29, 1.82) is 0 Å². The smallest absolute Gasteiger partial charge is 0.218 e. The predicted molar refractivity (Wildman–Crippen MR) is 92.0 cm³/mol. The largest absolute Gasteiger partial charge is 0.481 e. The summed E-state index contributed by atoms with van der Waals surface area (Å²) in [6, 6.07) is 2.21. The summed E-state index contributed by atoms with van der Waals surface area (Å²) in [5, 5.41) is 0. The molecule has 0 N–H and O–H groups in total. The Labute approximate surface area is 148 Å². The van der Waals surface area contributed by atoms with Crippen molar-refractivity contribution in [3.8, 4) is 5.88 Å². The third-order valence-corrected chi connectivity index (χ3v) is 5.50. The van der Waals surface area contributed by atoms with Gasteiger partial charge in [0.2, 0.25) is 5.88 Å². The highest BCUT2D eigenvalue weighted by Gasteiger charge is 2.45. The first kappa shape index (κ1) is 17.0. The molecule has 3 aliphatic rings. The van der Waals surface area contributed by atoms with Gasteiger partial charge in [0, 0.05) is 32.4 Å². The van der Waals surface area contributed by atoms with Crippen LogP contribution in [-0.2, 0) is 14.2 Å². The monoisotopic (exact) mass is 349 g/mol. The van der Waals surface area contributed by atoms with Gasteiger partial charge in [-0.15, -0.1) is 0 Å². The van der Waals surface area contributed by atoms with Gasteiger partial charge in [-0.3, -0.25) is 0 Å². The van der Waals surface area contributed by atoms with Crippen molar-refractivity contribution in [2.24, 2.45) is 5.92 Å². The number of anilines is 1. The second-order valence-corrected chi connectivity index (χ2v) is 7.04. The number of hydrogen-bond donors (Lipinski definition) is 0. The Morgan fingerprint density at radius 1 is 1.20 bits per heavy atom. The summed E-state index contributed by atoms with van der Waals surface area (Å²) in [6.07, 6.45) is 6.14. The molecule has 0 unspecified atom stereocenters. The number of hydrogen-bond acceptors (Lipinski definition) is 7. The van der Waals surface area contributed by atoms with Crippen molar-refractivity contribution in [1.82, 2.24) is 9.97 Å². The Bertz CT molecular complexity index is 567. The van der Waals surface area contributed by atoms with E-state index < -0.39 is 0 Å². The molecule has 0 radical (unpaired) electrons. The molecule has 0 amide bonds. The van der Waals surface area contributed by atoms with Crippen LogP contribution in [0.4, 0.5) is 5.82 Å². The lowest BCUT2D eigenvalue weighted by molar-refractivity contribution is -0.0868. The molecular formula is C18H27N3O4. The first-order valence-corrected chi connectivity index (χ1v) is 9.29. The van der Waals surface area contributed by atoms with Gasteiger partial charge in [-0.2, -0.15) is 0 Å². The summed E-state index contributed by atoms with van der Waals surface area (Å²) in [7, 11) is 1.63. The number of methoxy groups -OCH3 is 1. The van der Waals surface area contributed by atoms with Gasteiger partial charge < -0.3 is 23.8 Å². The maximum atomic E-state index is 6.32. The van der Waals surface area contributed by atoms with Gasteiger partial charge in [0.25, 0.3) is 0 Å². The third kappa shape index (κ3) is 3.73. The summed E-state index contributed by atoms with van der Waals surface area (Å²) >= 11 is 0. The molecule has 3 fully saturated rings. The molecule has 0 spiro atoms. The molecule has 3 atom stereocenters. The molecule has 4 heterocycles. The molecule has 0 aromatic carbocycles. The van der Waals surface area contributed by atoms with Gasteiger partial charge >= 0.3 is 0 Å². The highest BCUT2D eigenvalue weighted by molar-refractivity contribution is 5.45. The van der Waals surface area contributed by atoms with Gasteiger partial charge in [0.15, 0.2) is 0 Å². The van der Waals surface area contributed by atoms with Crippen molar-refractivity contribution >= 4 is 5.82 Å². The van der Waals surface area contributed by atoms with Crippen LogP contribution in [-0.4, -0.2) is 68.3 Å². The van der Waals surface area contributed by atoms with Gasteiger partial charge in [-0.1, -0.05) is 0 Å². The van der Waals surface area contributed by atoms with Crippen LogP contribution in [0, 0.1) is 5.92 Å². The summed E-state index contributed by atoms with van der Waals surface area (Å²) in [4.78, 5) is 10.9. The Kier molecular flexibility index (Phi) is 5.33. The number of nitrogens with zero attached hydrogens (tertiary/aromatic N) is 3. The van der Waals surface area contributed by atoms with Crippen LogP contribution in [0.2, 0.25) is 0 Å². The lowest BCUT2D eigenvalue weighted by Gasteiger charge is -2.33. The molecule has 3 aliphatic heterocycles. The van der Waals surface area contributed by atoms with E-state index in [2.05, 4.69) is 14.9 Å². The van der Waals surface area contributed by atoms with Crippen molar-refractivity contribution in [2.75, 3.05) is 45.0 Å². The highest BCUT2D eigenvalue weighted by atomic mass is 16.5. The van der Waals surface area contributed by atoms with E-state index in [1.54, 1.807) is 13.4 Å². The lowest BCUT2D eigenvalue weighted by Crippen LogP contribution is -2.42. The zero-order valence-corrected chi connectivity index (χ0v) is 14.8. The summed E-state index contributed by atoms with van der Waals surface area (Å²) in [5.74, 6) is 2.08. The van der Waals surface area contributed by atoms with E-state index in [-0.39, 0.29) is 12.2 Å². The van der Waals surface area contributed by atoms with Crippen molar-refractivity contribution in [3.63, 3.8) is 0 Å². The molecule has 1 aromatic rings. The molecule has 0 aliphatic carbocycles. The number of aromatic nitrogens is 2. The summed E-state index contributed by atoms with van der Waals surface area (Å²) < 4.78 is 23.1. The summed E-state index contributed by atoms with van der Waals surface area (Å²) in [6.45, 7) is 4.13. The van der Waals surface area contributed by atoms with Gasteiger partial charge in [0.05, 0.1) is 19.8 Å². The highest BCUT2D eigenvalue weighted by Crippen LogP contribution is 2.34. The molecule has 4 rings (SSSR count). The van der Waals surface area contributed by atoms with Gasteiger partial charge in [0.1, 0.15) is 24.4 Å². The van der Waals surface area contributed by atoms with Crippen LogP contribution in [0.5, 0.6) is 5.88 Å². The van der Waals surface area contributed by atoms with Crippen LogP contribution in [0.3, 0.4) is 0 Å². The lowest BCUT2D eigenvalue weighted by atomic mass is 10.0. The summed E-state index contributed by atoms with van der Waals surface area (Å²) in [5.41, 5.74) is 0.